The van der Waals surface area contributed by atoms with Gasteiger partial charge in [-0.15, -0.1) is 0 Å². The highest BCUT2D eigenvalue weighted by Gasteiger charge is 2.30. The van der Waals surface area contributed by atoms with Crippen LogP contribution in [0, 0.1) is 0 Å². The monoisotopic (exact) mass is 260 g/mol. The van der Waals surface area contributed by atoms with E-state index in [-0.39, 0.29) is 12.6 Å². The SMILES string of the molecule is O=C(O)[C@@H](CO)NC(=O)N(CCCO)C1CCC1. The first-order chi connectivity index (χ1) is 8.60. The van der Waals surface area contributed by atoms with Crippen LogP contribution < -0.4 is 5.32 Å². The van der Waals surface area contributed by atoms with Crippen molar-refractivity contribution in [1.82, 2.24) is 10.2 Å². The molecule has 0 saturated heterocycles. The van der Waals surface area contributed by atoms with E-state index in [9.17, 15) is 9.59 Å². The third-order valence-electron chi connectivity index (χ3n) is 3.11. The molecule has 1 saturated carbocycles. The zero-order valence-electron chi connectivity index (χ0n) is 10.2. The Kier molecular flexibility index (Phi) is 5.87. The number of carboxylic acids is 1. The number of aliphatic hydroxyl groups is 2. The van der Waals surface area contributed by atoms with Gasteiger partial charge in [0.15, 0.2) is 6.04 Å². The lowest BCUT2D eigenvalue weighted by Gasteiger charge is -2.38. The number of nitrogens with zero attached hydrogens (tertiary/aromatic N) is 1. The van der Waals surface area contributed by atoms with Gasteiger partial charge in [0, 0.05) is 19.2 Å². The molecule has 1 atom stereocenters. The average molecular weight is 260 g/mol. The molecule has 1 rings (SSSR count). The van der Waals surface area contributed by atoms with E-state index in [1.807, 2.05) is 0 Å². The zero-order chi connectivity index (χ0) is 13.5. The normalized spacial score (nSPS) is 16.8. The number of carboxylic acid groups (broad SMARTS) is 1. The molecule has 7 nitrogen and oxygen atoms in total. The highest BCUT2D eigenvalue weighted by Crippen LogP contribution is 2.24. The van der Waals surface area contributed by atoms with Gasteiger partial charge in [-0.05, 0) is 25.7 Å². The van der Waals surface area contributed by atoms with Crippen LogP contribution in [0.1, 0.15) is 25.7 Å². The molecule has 1 aliphatic rings. The molecule has 0 radical (unpaired) electrons. The first-order valence-corrected chi connectivity index (χ1v) is 6.11. The van der Waals surface area contributed by atoms with Crippen molar-refractivity contribution in [3.63, 3.8) is 0 Å². The zero-order valence-corrected chi connectivity index (χ0v) is 10.2. The summed E-state index contributed by atoms with van der Waals surface area (Å²) in [6.45, 7) is -0.261. The molecule has 18 heavy (non-hydrogen) atoms. The van der Waals surface area contributed by atoms with E-state index in [2.05, 4.69) is 5.32 Å². The molecule has 0 aliphatic heterocycles. The van der Waals surface area contributed by atoms with E-state index in [0.29, 0.717) is 13.0 Å². The van der Waals surface area contributed by atoms with Crippen LogP contribution in [0.15, 0.2) is 0 Å². The van der Waals surface area contributed by atoms with Gasteiger partial charge in [-0.2, -0.15) is 0 Å². The number of rotatable bonds is 7. The number of carbonyl (C=O) groups excluding carboxylic acids is 1. The van der Waals surface area contributed by atoms with E-state index in [0.717, 1.165) is 19.3 Å². The highest BCUT2D eigenvalue weighted by molar-refractivity contribution is 5.82. The third-order valence-corrected chi connectivity index (χ3v) is 3.11. The molecule has 0 spiro atoms. The number of carbonyl (C=O) groups is 2. The fourth-order valence-electron chi connectivity index (χ4n) is 1.81. The largest absolute Gasteiger partial charge is 0.480 e. The van der Waals surface area contributed by atoms with Crippen LogP contribution >= 0.6 is 0 Å². The smallest absolute Gasteiger partial charge is 0.328 e. The van der Waals surface area contributed by atoms with Crippen molar-refractivity contribution in [2.24, 2.45) is 0 Å². The van der Waals surface area contributed by atoms with Gasteiger partial charge in [0.2, 0.25) is 0 Å². The van der Waals surface area contributed by atoms with E-state index in [1.54, 1.807) is 4.90 Å². The van der Waals surface area contributed by atoms with Gasteiger partial charge in [0.05, 0.1) is 6.61 Å². The first-order valence-electron chi connectivity index (χ1n) is 6.11. The van der Waals surface area contributed by atoms with Crippen LogP contribution in [0.3, 0.4) is 0 Å². The summed E-state index contributed by atoms with van der Waals surface area (Å²) in [7, 11) is 0. The van der Waals surface area contributed by atoms with Crippen molar-refractivity contribution in [3.05, 3.63) is 0 Å². The molecule has 0 unspecified atom stereocenters. The first kappa shape index (κ1) is 14.7. The van der Waals surface area contributed by atoms with Crippen LogP contribution in [0.2, 0.25) is 0 Å². The molecule has 7 heteroatoms. The summed E-state index contributed by atoms with van der Waals surface area (Å²) >= 11 is 0. The molecule has 0 bridgehead atoms. The fraction of sp³-hybridized carbons (Fsp3) is 0.818. The lowest BCUT2D eigenvalue weighted by molar-refractivity contribution is -0.140. The Balaban J connectivity index is 2.54. The number of aliphatic carboxylic acids is 1. The molecule has 104 valence electrons. The Morgan fingerprint density at radius 3 is 2.39 bits per heavy atom. The lowest BCUT2D eigenvalue weighted by atomic mass is 9.91. The molecule has 4 N–H and O–H groups in total. The van der Waals surface area contributed by atoms with Crippen LogP contribution in [-0.4, -0.2) is 64.1 Å². The lowest BCUT2D eigenvalue weighted by Crippen LogP contribution is -2.54. The van der Waals surface area contributed by atoms with Gasteiger partial charge >= 0.3 is 12.0 Å². The summed E-state index contributed by atoms with van der Waals surface area (Å²) < 4.78 is 0. The quantitative estimate of drug-likeness (QED) is 0.487. The van der Waals surface area contributed by atoms with Crippen LogP contribution in [-0.2, 0) is 4.79 Å². The molecular formula is C11H20N2O5. The molecule has 0 aromatic carbocycles. The van der Waals surface area contributed by atoms with Crippen molar-refractivity contribution in [3.8, 4) is 0 Å². The predicted molar refractivity (Wildman–Crippen MR) is 63.1 cm³/mol. The molecule has 0 aromatic rings. The van der Waals surface area contributed by atoms with Crippen molar-refractivity contribution in [1.29, 1.82) is 0 Å². The average Bonchev–Trinajstić information content (AvgIpc) is 2.27. The number of urea groups is 1. The number of nitrogens with one attached hydrogen (secondary N) is 1. The Bertz CT molecular complexity index is 293. The Morgan fingerprint density at radius 2 is 2.00 bits per heavy atom. The van der Waals surface area contributed by atoms with Crippen LogP contribution in [0.5, 0.6) is 0 Å². The molecular weight excluding hydrogens is 240 g/mol. The topological polar surface area (TPSA) is 110 Å². The highest BCUT2D eigenvalue weighted by atomic mass is 16.4. The third kappa shape index (κ3) is 3.85. The second-order valence-corrected chi connectivity index (χ2v) is 4.38. The minimum Gasteiger partial charge on any atom is -0.480 e. The summed E-state index contributed by atoms with van der Waals surface area (Å²) in [5.74, 6) is -1.26. The molecule has 1 fully saturated rings. The number of hydrogen-bond acceptors (Lipinski definition) is 4. The maximum absolute atomic E-state index is 11.9. The standard InChI is InChI=1S/C11H20N2O5/c14-6-2-5-13(8-3-1-4-8)11(18)12-9(7-15)10(16)17/h8-9,14-15H,1-7H2,(H,12,18)(H,16,17)/t9-/m1/s1. The second kappa shape index (κ2) is 7.17. The summed E-state index contributed by atoms with van der Waals surface area (Å²) in [5, 5.41) is 28.7. The predicted octanol–water partition coefficient (Wildman–Crippen LogP) is -0.622. The van der Waals surface area contributed by atoms with Gasteiger partial charge in [-0.25, -0.2) is 9.59 Å². The van der Waals surface area contributed by atoms with Crippen molar-refractivity contribution in [2.45, 2.75) is 37.8 Å². The van der Waals surface area contributed by atoms with Crippen molar-refractivity contribution < 1.29 is 24.9 Å². The van der Waals surface area contributed by atoms with Gasteiger partial charge in [0.1, 0.15) is 0 Å². The van der Waals surface area contributed by atoms with E-state index in [1.165, 1.54) is 0 Å². The van der Waals surface area contributed by atoms with E-state index in [4.69, 9.17) is 15.3 Å². The van der Waals surface area contributed by atoms with Crippen molar-refractivity contribution in [2.75, 3.05) is 19.8 Å². The minimum absolute atomic E-state index is 0.0150. The summed E-state index contributed by atoms with van der Waals surface area (Å²) in [6, 6.07) is -1.66. The van der Waals surface area contributed by atoms with Gasteiger partial charge in [0.25, 0.3) is 0 Å². The maximum Gasteiger partial charge on any atom is 0.328 e. The van der Waals surface area contributed by atoms with Gasteiger partial charge in [-0.1, -0.05) is 0 Å². The number of aliphatic hydroxyl groups excluding tert-OH is 2. The number of hydrogen-bond donors (Lipinski definition) is 4. The Morgan fingerprint density at radius 1 is 1.33 bits per heavy atom. The van der Waals surface area contributed by atoms with Crippen LogP contribution in [0.25, 0.3) is 0 Å². The second-order valence-electron chi connectivity index (χ2n) is 4.38. The van der Waals surface area contributed by atoms with Gasteiger partial charge in [-0.3, -0.25) is 0 Å². The number of amides is 2. The maximum atomic E-state index is 11.9. The van der Waals surface area contributed by atoms with Gasteiger partial charge < -0.3 is 25.5 Å². The minimum atomic E-state index is -1.28. The summed E-state index contributed by atoms with van der Waals surface area (Å²) in [4.78, 5) is 24.2. The summed E-state index contributed by atoms with van der Waals surface area (Å²) in [5.41, 5.74) is 0. The fourth-order valence-corrected chi connectivity index (χ4v) is 1.81. The van der Waals surface area contributed by atoms with E-state index < -0.39 is 24.6 Å². The van der Waals surface area contributed by atoms with Crippen molar-refractivity contribution >= 4 is 12.0 Å². The molecule has 2 amide bonds. The Labute approximate surface area is 105 Å². The molecule has 1 aliphatic carbocycles. The Hall–Kier alpha value is -1.34. The summed E-state index contributed by atoms with van der Waals surface area (Å²) in [6.07, 6.45) is 3.31. The van der Waals surface area contributed by atoms with E-state index >= 15 is 0 Å². The molecule has 0 aromatic heterocycles. The van der Waals surface area contributed by atoms with Crippen LogP contribution in [0.4, 0.5) is 4.79 Å². The molecule has 0 heterocycles.